The van der Waals surface area contributed by atoms with Gasteiger partial charge in [-0.1, -0.05) is 0 Å². The molecule has 4 N–H and O–H groups in total. The van der Waals surface area contributed by atoms with Crippen molar-refractivity contribution in [3.63, 3.8) is 0 Å². The summed E-state index contributed by atoms with van der Waals surface area (Å²) in [6.45, 7) is 1.34. The molecule has 0 radical (unpaired) electrons. The predicted molar refractivity (Wildman–Crippen MR) is 50.5 cm³/mol. The van der Waals surface area contributed by atoms with Gasteiger partial charge in [0.1, 0.15) is 12.1 Å². The number of rotatable bonds is 7. The van der Waals surface area contributed by atoms with Crippen LogP contribution in [-0.4, -0.2) is 46.6 Å². The molecule has 16 heavy (non-hydrogen) atoms. The van der Waals surface area contributed by atoms with Crippen molar-refractivity contribution in [2.75, 3.05) is 0 Å². The van der Waals surface area contributed by atoms with Gasteiger partial charge >= 0.3 is 11.9 Å². The van der Waals surface area contributed by atoms with Gasteiger partial charge in [-0.2, -0.15) is 0 Å². The van der Waals surface area contributed by atoms with Gasteiger partial charge in [0.05, 0.1) is 6.42 Å². The summed E-state index contributed by atoms with van der Waals surface area (Å²) in [5.41, 5.74) is 0. The highest BCUT2D eigenvalue weighted by Crippen LogP contribution is 1.94. The normalized spacial score (nSPS) is 13.3. The maximum Gasteiger partial charge on any atom is 0.326 e. The van der Waals surface area contributed by atoms with E-state index in [1.54, 1.807) is 0 Å². The van der Waals surface area contributed by atoms with Crippen LogP contribution in [0, 0.1) is 0 Å². The van der Waals surface area contributed by atoms with Gasteiger partial charge in [0.15, 0.2) is 0 Å². The largest absolute Gasteiger partial charge is 0.481 e. The molecule has 0 aromatic rings. The van der Waals surface area contributed by atoms with Gasteiger partial charge in [0.2, 0.25) is 12.3 Å². The molecule has 0 heterocycles. The summed E-state index contributed by atoms with van der Waals surface area (Å²) in [7, 11) is 0. The Morgan fingerprint density at radius 2 is 1.88 bits per heavy atom. The number of carbonyl (C=O) groups excluding carboxylic acids is 2. The minimum absolute atomic E-state index is 0.289. The first kappa shape index (κ1) is 13.9. The van der Waals surface area contributed by atoms with Crippen molar-refractivity contribution < 1.29 is 29.4 Å². The molecular weight excluding hydrogens is 220 g/mol. The summed E-state index contributed by atoms with van der Waals surface area (Å²) in [5, 5.41) is 21.1. The standard InChI is InChI=1S/C8H12N2O6/c1-4(9-3-11)7(14)10-5(8(15)16)2-6(12)13/h3-5H,2H2,1H3,(H,9,11)(H,10,14)(H,12,13)(H,15,16). The minimum Gasteiger partial charge on any atom is -0.481 e. The van der Waals surface area contributed by atoms with Gasteiger partial charge in [-0.25, -0.2) is 4.79 Å². The van der Waals surface area contributed by atoms with Crippen molar-refractivity contribution in [1.29, 1.82) is 0 Å². The topological polar surface area (TPSA) is 133 Å². The fourth-order valence-electron chi connectivity index (χ4n) is 0.849. The van der Waals surface area contributed by atoms with Crippen LogP contribution in [0.25, 0.3) is 0 Å². The average molecular weight is 232 g/mol. The monoisotopic (exact) mass is 232 g/mol. The van der Waals surface area contributed by atoms with Crippen LogP contribution in [0.15, 0.2) is 0 Å². The second-order valence-corrected chi connectivity index (χ2v) is 3.00. The van der Waals surface area contributed by atoms with Crippen LogP contribution in [0.3, 0.4) is 0 Å². The Bertz CT molecular complexity index is 303. The van der Waals surface area contributed by atoms with Gasteiger partial charge in [-0.15, -0.1) is 0 Å². The van der Waals surface area contributed by atoms with Crippen molar-refractivity contribution in [3.8, 4) is 0 Å². The number of amides is 2. The van der Waals surface area contributed by atoms with Crippen molar-refractivity contribution >= 4 is 24.3 Å². The Morgan fingerprint density at radius 1 is 1.31 bits per heavy atom. The fourth-order valence-corrected chi connectivity index (χ4v) is 0.849. The van der Waals surface area contributed by atoms with Crippen LogP contribution in [-0.2, 0) is 19.2 Å². The van der Waals surface area contributed by atoms with E-state index in [1.165, 1.54) is 6.92 Å². The van der Waals surface area contributed by atoms with Gasteiger partial charge in [-0.05, 0) is 6.92 Å². The van der Waals surface area contributed by atoms with Crippen molar-refractivity contribution in [3.05, 3.63) is 0 Å². The van der Waals surface area contributed by atoms with E-state index >= 15 is 0 Å². The fraction of sp³-hybridized carbons (Fsp3) is 0.500. The smallest absolute Gasteiger partial charge is 0.326 e. The summed E-state index contributed by atoms with van der Waals surface area (Å²) >= 11 is 0. The molecule has 0 aliphatic heterocycles. The molecule has 0 saturated heterocycles. The molecule has 0 aromatic heterocycles. The van der Waals surface area contributed by atoms with Crippen LogP contribution >= 0.6 is 0 Å². The van der Waals surface area contributed by atoms with Crippen LogP contribution < -0.4 is 10.6 Å². The number of hydrogen-bond donors (Lipinski definition) is 4. The maximum absolute atomic E-state index is 11.2. The van der Waals surface area contributed by atoms with Crippen LogP contribution in [0.5, 0.6) is 0 Å². The van der Waals surface area contributed by atoms with E-state index in [9.17, 15) is 19.2 Å². The highest BCUT2D eigenvalue weighted by atomic mass is 16.4. The molecule has 0 aliphatic rings. The highest BCUT2D eigenvalue weighted by molar-refractivity contribution is 5.89. The van der Waals surface area contributed by atoms with Crippen molar-refractivity contribution in [2.45, 2.75) is 25.4 Å². The number of aliphatic carboxylic acids is 2. The lowest BCUT2D eigenvalue weighted by molar-refractivity contribution is -0.147. The third kappa shape index (κ3) is 4.94. The van der Waals surface area contributed by atoms with E-state index in [0.29, 0.717) is 0 Å². The molecule has 2 unspecified atom stereocenters. The van der Waals surface area contributed by atoms with Crippen molar-refractivity contribution in [1.82, 2.24) is 10.6 Å². The number of nitrogens with one attached hydrogen (secondary N) is 2. The third-order valence-corrected chi connectivity index (χ3v) is 1.70. The molecule has 8 nitrogen and oxygen atoms in total. The van der Waals surface area contributed by atoms with E-state index < -0.39 is 36.4 Å². The number of carboxylic acids is 2. The second-order valence-electron chi connectivity index (χ2n) is 3.00. The third-order valence-electron chi connectivity index (χ3n) is 1.70. The van der Waals surface area contributed by atoms with Crippen LogP contribution in [0.4, 0.5) is 0 Å². The van der Waals surface area contributed by atoms with Gasteiger partial charge in [-0.3, -0.25) is 14.4 Å². The molecular formula is C8H12N2O6. The lowest BCUT2D eigenvalue weighted by Crippen LogP contribution is -2.49. The second kappa shape index (κ2) is 6.38. The van der Waals surface area contributed by atoms with E-state index in [0.717, 1.165) is 0 Å². The summed E-state index contributed by atoms with van der Waals surface area (Å²) in [6.07, 6.45) is -0.438. The van der Waals surface area contributed by atoms with E-state index in [4.69, 9.17) is 10.2 Å². The van der Waals surface area contributed by atoms with Gasteiger partial charge in [0, 0.05) is 0 Å². The molecule has 90 valence electrons. The lowest BCUT2D eigenvalue weighted by atomic mass is 10.2. The van der Waals surface area contributed by atoms with E-state index in [2.05, 4.69) is 5.32 Å². The molecule has 0 rings (SSSR count). The first-order chi connectivity index (χ1) is 7.38. The van der Waals surface area contributed by atoms with Gasteiger partial charge < -0.3 is 20.8 Å². The predicted octanol–water partition coefficient (Wildman–Crippen LogP) is -1.83. The number of carbonyl (C=O) groups is 4. The first-order valence-corrected chi connectivity index (χ1v) is 4.33. The molecule has 0 aliphatic carbocycles. The Balaban J connectivity index is 4.39. The Labute approximate surface area is 90.6 Å². The average Bonchev–Trinajstić information content (AvgIpc) is 2.16. The van der Waals surface area contributed by atoms with Crippen LogP contribution in [0.2, 0.25) is 0 Å². The molecule has 0 bridgehead atoms. The Kier molecular flexibility index (Phi) is 5.53. The molecule has 2 atom stereocenters. The highest BCUT2D eigenvalue weighted by Gasteiger charge is 2.24. The zero-order valence-corrected chi connectivity index (χ0v) is 8.47. The molecule has 2 amide bonds. The van der Waals surface area contributed by atoms with Gasteiger partial charge in [0.25, 0.3) is 0 Å². The quantitative estimate of drug-likeness (QED) is 0.381. The molecule has 8 heteroatoms. The maximum atomic E-state index is 11.2. The molecule has 0 fully saturated rings. The summed E-state index contributed by atoms with van der Waals surface area (Å²) < 4.78 is 0. The summed E-state index contributed by atoms with van der Waals surface area (Å²) in [6, 6.07) is -2.44. The first-order valence-electron chi connectivity index (χ1n) is 4.33. The lowest BCUT2D eigenvalue weighted by Gasteiger charge is -2.15. The Morgan fingerprint density at radius 3 is 2.25 bits per heavy atom. The zero-order valence-electron chi connectivity index (χ0n) is 8.47. The van der Waals surface area contributed by atoms with E-state index in [1.807, 2.05) is 5.32 Å². The molecule has 0 spiro atoms. The number of carboxylic acid groups (broad SMARTS) is 2. The SMILES string of the molecule is CC(NC=O)C(=O)NC(CC(=O)O)C(=O)O. The zero-order chi connectivity index (χ0) is 12.7. The number of hydrogen-bond acceptors (Lipinski definition) is 4. The van der Waals surface area contributed by atoms with Crippen molar-refractivity contribution in [2.24, 2.45) is 0 Å². The minimum atomic E-state index is -1.51. The summed E-state index contributed by atoms with van der Waals surface area (Å²) in [4.78, 5) is 42.1. The van der Waals surface area contributed by atoms with Crippen LogP contribution in [0.1, 0.15) is 13.3 Å². The molecule has 0 aromatic carbocycles. The Hall–Kier alpha value is -2.12. The molecule has 0 saturated carbocycles. The van der Waals surface area contributed by atoms with E-state index in [-0.39, 0.29) is 6.41 Å². The summed E-state index contributed by atoms with van der Waals surface area (Å²) in [5.74, 6) is -3.56.